The zero-order valence-electron chi connectivity index (χ0n) is 13.0. The van der Waals surface area contributed by atoms with Crippen molar-refractivity contribution in [2.24, 2.45) is 0 Å². The molecule has 120 valence electrons. The van der Waals surface area contributed by atoms with Crippen molar-refractivity contribution in [1.29, 1.82) is 0 Å². The van der Waals surface area contributed by atoms with E-state index in [0.29, 0.717) is 18.7 Å². The Bertz CT molecular complexity index is 786. The highest BCUT2D eigenvalue weighted by molar-refractivity contribution is 9.10. The van der Waals surface area contributed by atoms with Crippen molar-refractivity contribution in [3.63, 3.8) is 0 Å². The number of phenols is 2. The van der Waals surface area contributed by atoms with Crippen molar-refractivity contribution in [3.8, 4) is 11.5 Å². The summed E-state index contributed by atoms with van der Waals surface area (Å²) < 4.78 is 0.986. The second-order valence-electron chi connectivity index (χ2n) is 6.16. The molecular weight excluding hydrogens is 358 g/mol. The summed E-state index contributed by atoms with van der Waals surface area (Å²) in [5, 5.41) is 20.0. The van der Waals surface area contributed by atoms with E-state index in [1.54, 1.807) is 11.0 Å². The zero-order valence-corrected chi connectivity index (χ0v) is 14.6. The predicted octanol–water partition coefficient (Wildman–Crippen LogP) is 4.14. The summed E-state index contributed by atoms with van der Waals surface area (Å²) in [6.07, 6.45) is 0. The van der Waals surface area contributed by atoms with Gasteiger partial charge < -0.3 is 15.1 Å². The van der Waals surface area contributed by atoms with E-state index in [2.05, 4.69) is 15.9 Å². The zero-order chi connectivity index (χ0) is 16.7. The Hall–Kier alpha value is -2.01. The molecule has 0 aliphatic carbocycles. The molecule has 0 saturated carbocycles. The normalized spacial score (nSPS) is 13.5. The van der Waals surface area contributed by atoms with Gasteiger partial charge in [-0.05, 0) is 40.8 Å². The molecule has 0 aromatic heterocycles. The monoisotopic (exact) mass is 375 g/mol. The molecule has 1 aliphatic heterocycles. The largest absolute Gasteiger partial charge is 0.508 e. The van der Waals surface area contributed by atoms with Gasteiger partial charge in [-0.1, -0.05) is 35.8 Å². The molecule has 2 N–H and O–H groups in total. The molecule has 1 heterocycles. The molecule has 0 atom stereocenters. The van der Waals surface area contributed by atoms with Gasteiger partial charge in [0, 0.05) is 23.6 Å². The molecule has 4 nitrogen and oxygen atoms in total. The molecule has 23 heavy (non-hydrogen) atoms. The first kappa shape index (κ1) is 15.9. The Morgan fingerprint density at radius 1 is 1.09 bits per heavy atom. The van der Waals surface area contributed by atoms with E-state index < -0.39 is 0 Å². The predicted molar refractivity (Wildman–Crippen MR) is 91.6 cm³/mol. The Balaban J connectivity index is 1.92. The standard InChI is InChI=1S/C18H18BrNO3/c1-10(2)14-6-15(17(22)7-16(14)21)18(23)20-8-11-3-4-13(19)5-12(11)9-20/h3-7,10,21-22H,8-9H2,1-2H3. The SMILES string of the molecule is CC(C)c1cc(C(=O)N2Cc3ccc(Br)cc3C2)c(O)cc1O. The molecule has 0 spiro atoms. The number of fused-ring (bicyclic) bond motifs is 1. The van der Waals surface area contributed by atoms with Crippen molar-refractivity contribution < 1.29 is 15.0 Å². The van der Waals surface area contributed by atoms with Crippen LogP contribution in [0.3, 0.4) is 0 Å². The lowest BCUT2D eigenvalue weighted by molar-refractivity contribution is 0.0748. The second-order valence-corrected chi connectivity index (χ2v) is 7.07. The van der Waals surface area contributed by atoms with Gasteiger partial charge in [0.15, 0.2) is 0 Å². The average Bonchev–Trinajstić information content (AvgIpc) is 2.89. The smallest absolute Gasteiger partial charge is 0.258 e. The Morgan fingerprint density at radius 2 is 1.78 bits per heavy atom. The highest BCUT2D eigenvalue weighted by Crippen LogP contribution is 2.34. The van der Waals surface area contributed by atoms with Gasteiger partial charge in [0.05, 0.1) is 5.56 Å². The molecule has 1 amide bonds. The molecule has 1 aliphatic rings. The number of halogens is 1. The first-order valence-electron chi connectivity index (χ1n) is 7.49. The molecule has 0 saturated heterocycles. The third-order valence-corrected chi connectivity index (χ3v) is 4.67. The van der Waals surface area contributed by atoms with Crippen molar-refractivity contribution in [3.05, 3.63) is 57.1 Å². The minimum Gasteiger partial charge on any atom is -0.508 e. The molecular formula is C18H18BrNO3. The van der Waals surface area contributed by atoms with Crippen molar-refractivity contribution in [1.82, 2.24) is 4.90 Å². The third-order valence-electron chi connectivity index (χ3n) is 4.18. The van der Waals surface area contributed by atoms with Crippen LogP contribution in [-0.2, 0) is 13.1 Å². The summed E-state index contributed by atoms with van der Waals surface area (Å²) in [6.45, 7) is 4.91. The van der Waals surface area contributed by atoms with Gasteiger partial charge in [0.25, 0.3) is 5.91 Å². The fourth-order valence-electron chi connectivity index (χ4n) is 2.90. The number of phenolic OH excluding ortho intramolecular Hbond substituents is 2. The maximum Gasteiger partial charge on any atom is 0.258 e. The van der Waals surface area contributed by atoms with Gasteiger partial charge in [-0.3, -0.25) is 4.79 Å². The number of nitrogens with zero attached hydrogens (tertiary/aromatic N) is 1. The Morgan fingerprint density at radius 3 is 2.48 bits per heavy atom. The average molecular weight is 376 g/mol. The van der Waals surface area contributed by atoms with Crippen LogP contribution in [0.15, 0.2) is 34.8 Å². The number of hydrogen-bond acceptors (Lipinski definition) is 3. The highest BCUT2D eigenvalue weighted by atomic mass is 79.9. The molecule has 0 bridgehead atoms. The Kier molecular flexibility index (Phi) is 4.06. The summed E-state index contributed by atoms with van der Waals surface area (Å²) in [4.78, 5) is 14.5. The number of carbonyl (C=O) groups excluding carboxylic acids is 1. The van der Waals surface area contributed by atoms with E-state index >= 15 is 0 Å². The molecule has 2 aromatic rings. The molecule has 0 unspecified atom stereocenters. The third kappa shape index (κ3) is 2.93. The van der Waals surface area contributed by atoms with Gasteiger partial charge in [-0.15, -0.1) is 0 Å². The van der Waals surface area contributed by atoms with Crippen molar-refractivity contribution in [2.45, 2.75) is 32.9 Å². The van der Waals surface area contributed by atoms with Crippen LogP contribution in [0.1, 0.15) is 46.8 Å². The molecule has 0 fully saturated rings. The summed E-state index contributed by atoms with van der Waals surface area (Å²) in [7, 11) is 0. The lowest BCUT2D eigenvalue weighted by Crippen LogP contribution is -2.25. The molecule has 0 radical (unpaired) electrons. The number of aromatic hydroxyl groups is 2. The number of amides is 1. The van der Waals surface area contributed by atoms with Crippen LogP contribution < -0.4 is 0 Å². The van der Waals surface area contributed by atoms with E-state index in [9.17, 15) is 15.0 Å². The van der Waals surface area contributed by atoms with Crippen LogP contribution in [0.2, 0.25) is 0 Å². The summed E-state index contributed by atoms with van der Waals surface area (Å²) >= 11 is 3.44. The highest BCUT2D eigenvalue weighted by Gasteiger charge is 2.27. The molecule has 3 rings (SSSR count). The van der Waals surface area contributed by atoms with Crippen LogP contribution in [0.4, 0.5) is 0 Å². The number of carbonyl (C=O) groups is 1. The maximum absolute atomic E-state index is 12.8. The van der Waals surface area contributed by atoms with Gasteiger partial charge >= 0.3 is 0 Å². The van der Waals surface area contributed by atoms with Crippen LogP contribution in [0, 0.1) is 0 Å². The van der Waals surface area contributed by atoms with Crippen LogP contribution in [0.25, 0.3) is 0 Å². The summed E-state index contributed by atoms with van der Waals surface area (Å²) in [5.74, 6) is -0.331. The van der Waals surface area contributed by atoms with Gasteiger partial charge in [-0.2, -0.15) is 0 Å². The van der Waals surface area contributed by atoms with Crippen molar-refractivity contribution >= 4 is 21.8 Å². The lowest BCUT2D eigenvalue weighted by Gasteiger charge is -2.18. The Labute approximate surface area is 143 Å². The molecule has 5 heteroatoms. The van der Waals surface area contributed by atoms with Gasteiger partial charge in [-0.25, -0.2) is 0 Å². The van der Waals surface area contributed by atoms with Crippen LogP contribution in [0.5, 0.6) is 11.5 Å². The first-order valence-corrected chi connectivity index (χ1v) is 8.28. The van der Waals surface area contributed by atoms with E-state index in [1.807, 2.05) is 32.0 Å². The molecule has 2 aromatic carbocycles. The van der Waals surface area contributed by atoms with E-state index in [4.69, 9.17) is 0 Å². The number of hydrogen-bond donors (Lipinski definition) is 2. The first-order chi connectivity index (χ1) is 10.9. The van der Waals surface area contributed by atoms with E-state index in [1.165, 1.54) is 6.07 Å². The maximum atomic E-state index is 12.8. The van der Waals surface area contributed by atoms with E-state index in [0.717, 1.165) is 15.6 Å². The fraction of sp³-hybridized carbons (Fsp3) is 0.278. The lowest BCUT2D eigenvalue weighted by atomic mass is 9.98. The number of rotatable bonds is 2. The van der Waals surface area contributed by atoms with Gasteiger partial charge in [0.2, 0.25) is 0 Å². The van der Waals surface area contributed by atoms with Crippen LogP contribution in [-0.4, -0.2) is 21.0 Å². The van der Waals surface area contributed by atoms with Crippen molar-refractivity contribution in [2.75, 3.05) is 0 Å². The topological polar surface area (TPSA) is 60.8 Å². The van der Waals surface area contributed by atoms with Gasteiger partial charge in [0.1, 0.15) is 11.5 Å². The number of benzene rings is 2. The quantitative estimate of drug-likeness (QED) is 0.828. The fourth-order valence-corrected chi connectivity index (χ4v) is 3.31. The summed E-state index contributed by atoms with van der Waals surface area (Å²) in [5.41, 5.74) is 3.11. The minimum absolute atomic E-state index is 0.0164. The second kappa shape index (κ2) is 5.89. The van der Waals surface area contributed by atoms with E-state index in [-0.39, 0.29) is 28.9 Å². The summed E-state index contributed by atoms with van der Waals surface area (Å²) in [6, 6.07) is 8.82. The van der Waals surface area contributed by atoms with Crippen LogP contribution >= 0.6 is 15.9 Å². The minimum atomic E-state index is -0.225.